The summed E-state index contributed by atoms with van der Waals surface area (Å²) in [6.07, 6.45) is 2.48. The molecule has 1 saturated heterocycles. The zero-order chi connectivity index (χ0) is 17.5. The van der Waals surface area contributed by atoms with Crippen LogP contribution >= 0.6 is 0 Å². The summed E-state index contributed by atoms with van der Waals surface area (Å²) in [5.41, 5.74) is -0.208. The fourth-order valence-corrected chi connectivity index (χ4v) is 2.86. The van der Waals surface area contributed by atoms with Gasteiger partial charge in [0, 0.05) is 32.2 Å². The van der Waals surface area contributed by atoms with Crippen LogP contribution in [-0.2, 0) is 4.79 Å². The molecule has 0 radical (unpaired) electrons. The summed E-state index contributed by atoms with van der Waals surface area (Å²) in [7, 11) is 4.08. The minimum absolute atomic E-state index is 0.0167. The molecule has 1 unspecified atom stereocenters. The molecule has 1 rings (SSSR count). The molecule has 134 valence electrons. The molecule has 6 nitrogen and oxygen atoms in total. The second-order valence-electron chi connectivity index (χ2n) is 7.62. The predicted molar refractivity (Wildman–Crippen MR) is 96.7 cm³/mol. The zero-order valence-electron chi connectivity index (χ0n) is 15.8. The van der Waals surface area contributed by atoms with Crippen molar-refractivity contribution >= 4 is 11.9 Å². The molecular weight excluding hydrogens is 290 g/mol. The molecule has 0 bridgehead atoms. The lowest BCUT2D eigenvalue weighted by molar-refractivity contribution is -0.122. The first kappa shape index (κ1) is 19.7. The van der Waals surface area contributed by atoms with Crippen molar-refractivity contribution in [3.63, 3.8) is 0 Å². The molecule has 0 aromatic carbocycles. The van der Waals surface area contributed by atoms with Gasteiger partial charge in [0.1, 0.15) is 0 Å². The van der Waals surface area contributed by atoms with Crippen molar-refractivity contribution < 1.29 is 4.79 Å². The summed E-state index contributed by atoms with van der Waals surface area (Å²) in [5.74, 6) is 1.44. The number of carbonyl (C=O) groups excluding carboxylic acids is 1. The minimum Gasteiger partial charge on any atom is -0.357 e. The molecule has 1 aliphatic rings. The highest BCUT2D eigenvalue weighted by atomic mass is 16.2. The molecular formula is C17H35N5O. The molecule has 0 aromatic heterocycles. The molecule has 1 atom stereocenters. The fourth-order valence-electron chi connectivity index (χ4n) is 2.86. The minimum atomic E-state index is -0.208. The van der Waals surface area contributed by atoms with Gasteiger partial charge in [-0.25, -0.2) is 0 Å². The van der Waals surface area contributed by atoms with Gasteiger partial charge in [0.25, 0.3) is 0 Å². The summed E-state index contributed by atoms with van der Waals surface area (Å²) in [5, 5.41) is 6.27. The third kappa shape index (κ3) is 8.21. The third-order valence-electron chi connectivity index (χ3n) is 3.81. The maximum Gasteiger partial charge on any atom is 0.240 e. The van der Waals surface area contributed by atoms with E-state index in [0.29, 0.717) is 12.5 Å². The third-order valence-corrected chi connectivity index (χ3v) is 3.81. The second-order valence-corrected chi connectivity index (χ2v) is 7.62. The Bertz CT molecular complexity index is 402. The Hall–Kier alpha value is -1.30. The van der Waals surface area contributed by atoms with Crippen LogP contribution < -0.4 is 10.6 Å². The zero-order valence-corrected chi connectivity index (χ0v) is 15.8. The van der Waals surface area contributed by atoms with E-state index in [1.54, 1.807) is 0 Å². The Morgan fingerprint density at radius 2 is 2.09 bits per heavy atom. The van der Waals surface area contributed by atoms with Crippen molar-refractivity contribution in [1.29, 1.82) is 0 Å². The van der Waals surface area contributed by atoms with Crippen LogP contribution in [0.25, 0.3) is 0 Å². The van der Waals surface area contributed by atoms with Gasteiger partial charge in [-0.2, -0.15) is 0 Å². The molecule has 23 heavy (non-hydrogen) atoms. The molecule has 6 heteroatoms. The van der Waals surface area contributed by atoms with Crippen LogP contribution in [0, 0.1) is 5.92 Å². The van der Waals surface area contributed by atoms with Crippen molar-refractivity contribution in [3.05, 3.63) is 0 Å². The maximum atomic E-state index is 12.1. The number of hydrogen-bond acceptors (Lipinski definition) is 3. The van der Waals surface area contributed by atoms with Gasteiger partial charge >= 0.3 is 0 Å². The van der Waals surface area contributed by atoms with E-state index >= 15 is 0 Å². The maximum absolute atomic E-state index is 12.1. The van der Waals surface area contributed by atoms with Crippen LogP contribution in [-0.4, -0.2) is 74.0 Å². The number of hydrogen-bond donors (Lipinski definition) is 2. The Morgan fingerprint density at radius 1 is 1.39 bits per heavy atom. The predicted octanol–water partition coefficient (Wildman–Crippen LogP) is 1.14. The van der Waals surface area contributed by atoms with E-state index in [2.05, 4.69) is 22.6 Å². The molecule has 0 spiro atoms. The van der Waals surface area contributed by atoms with Crippen molar-refractivity contribution in [2.75, 3.05) is 46.8 Å². The second kappa shape index (κ2) is 9.11. The highest BCUT2D eigenvalue weighted by Crippen LogP contribution is 2.15. The van der Waals surface area contributed by atoms with Crippen molar-refractivity contribution in [1.82, 2.24) is 20.4 Å². The first-order valence-corrected chi connectivity index (χ1v) is 8.70. The molecule has 0 saturated carbocycles. The first-order chi connectivity index (χ1) is 10.7. The molecule has 0 aromatic rings. The van der Waals surface area contributed by atoms with Crippen molar-refractivity contribution in [2.45, 2.75) is 46.1 Å². The Morgan fingerprint density at radius 3 is 2.65 bits per heavy atom. The van der Waals surface area contributed by atoms with Gasteiger partial charge in [-0.15, -0.1) is 0 Å². The van der Waals surface area contributed by atoms with E-state index < -0.39 is 0 Å². The van der Waals surface area contributed by atoms with E-state index in [1.807, 2.05) is 39.6 Å². The first-order valence-electron chi connectivity index (χ1n) is 8.70. The molecule has 1 fully saturated rings. The molecule has 1 heterocycles. The molecule has 0 aliphatic carbocycles. The molecule has 1 aliphatic heterocycles. The monoisotopic (exact) mass is 325 g/mol. The van der Waals surface area contributed by atoms with Crippen LogP contribution in [0.1, 0.15) is 40.5 Å². The number of rotatable bonds is 5. The van der Waals surface area contributed by atoms with E-state index in [9.17, 15) is 4.79 Å². The highest BCUT2D eigenvalue weighted by molar-refractivity contribution is 5.86. The van der Waals surface area contributed by atoms with Gasteiger partial charge in [-0.1, -0.05) is 0 Å². The van der Waals surface area contributed by atoms with Gasteiger partial charge in [-0.05, 0) is 60.0 Å². The van der Waals surface area contributed by atoms with Gasteiger partial charge in [0.05, 0.1) is 6.54 Å². The van der Waals surface area contributed by atoms with Crippen molar-refractivity contribution in [2.24, 2.45) is 10.9 Å². The number of guanidine groups is 1. The van der Waals surface area contributed by atoms with E-state index in [4.69, 9.17) is 4.99 Å². The van der Waals surface area contributed by atoms with E-state index in [-0.39, 0.29) is 11.4 Å². The van der Waals surface area contributed by atoms with Crippen LogP contribution in [0.2, 0.25) is 0 Å². The number of likely N-dealkylation sites (N-methyl/N-ethyl adjacent to an activating group) is 1. The van der Waals surface area contributed by atoms with Crippen LogP contribution in [0.15, 0.2) is 4.99 Å². The summed E-state index contributed by atoms with van der Waals surface area (Å²) >= 11 is 0. The Kier molecular flexibility index (Phi) is 7.82. The van der Waals surface area contributed by atoms with Gasteiger partial charge in [-0.3, -0.25) is 9.79 Å². The number of piperidine rings is 1. The number of amides is 1. The standard InChI is InChI=1S/C17H35N5O/c1-7-18-16(19-11-14-9-8-10-21(5)12-14)22(6)13-15(23)20-17(2,3)4/h14H,7-13H2,1-6H3,(H,18,19)(H,20,23). The van der Waals surface area contributed by atoms with Crippen LogP contribution in [0.4, 0.5) is 0 Å². The van der Waals surface area contributed by atoms with Gasteiger partial charge in [0.2, 0.25) is 5.91 Å². The number of likely N-dealkylation sites (tertiary alicyclic amines) is 1. The highest BCUT2D eigenvalue weighted by Gasteiger charge is 2.19. The van der Waals surface area contributed by atoms with Crippen LogP contribution in [0.5, 0.6) is 0 Å². The average Bonchev–Trinajstić information content (AvgIpc) is 2.41. The number of carbonyl (C=O) groups is 1. The summed E-state index contributed by atoms with van der Waals surface area (Å²) < 4.78 is 0. The smallest absolute Gasteiger partial charge is 0.240 e. The van der Waals surface area contributed by atoms with E-state index in [0.717, 1.165) is 25.6 Å². The lowest BCUT2D eigenvalue weighted by atomic mass is 9.99. The van der Waals surface area contributed by atoms with Gasteiger partial charge in [0.15, 0.2) is 5.96 Å². The summed E-state index contributed by atoms with van der Waals surface area (Å²) in [6.45, 7) is 12.2. The quantitative estimate of drug-likeness (QED) is 0.588. The number of nitrogens with one attached hydrogen (secondary N) is 2. The number of aliphatic imine (C=N–C) groups is 1. The molecule has 2 N–H and O–H groups in total. The van der Waals surface area contributed by atoms with Crippen molar-refractivity contribution in [3.8, 4) is 0 Å². The average molecular weight is 326 g/mol. The number of nitrogens with zero attached hydrogens (tertiary/aromatic N) is 3. The SMILES string of the molecule is CCNC(=NCC1CCCN(C)C1)N(C)CC(=O)NC(C)(C)C. The molecule has 1 amide bonds. The van der Waals surface area contributed by atoms with Gasteiger partial charge < -0.3 is 20.4 Å². The topological polar surface area (TPSA) is 60.0 Å². The summed E-state index contributed by atoms with van der Waals surface area (Å²) in [6, 6.07) is 0. The Balaban J connectivity index is 2.57. The fraction of sp³-hybridized carbons (Fsp3) is 0.882. The largest absolute Gasteiger partial charge is 0.357 e. The normalized spacial score (nSPS) is 20.3. The van der Waals surface area contributed by atoms with Crippen LogP contribution in [0.3, 0.4) is 0 Å². The van der Waals surface area contributed by atoms with E-state index in [1.165, 1.54) is 19.4 Å². The lowest BCUT2D eigenvalue weighted by Gasteiger charge is -2.29. The lowest BCUT2D eigenvalue weighted by Crippen LogP contribution is -2.49. The summed E-state index contributed by atoms with van der Waals surface area (Å²) in [4.78, 5) is 21.1. The Labute approximate surface area is 141 Å².